The highest BCUT2D eigenvalue weighted by Crippen LogP contribution is 2.17. The van der Waals surface area contributed by atoms with Crippen LogP contribution in [0.25, 0.3) is 0 Å². The van der Waals surface area contributed by atoms with E-state index in [1.807, 2.05) is 42.2 Å². The molecular formula is C20H25N3O3. The SMILES string of the molecule is Cc1ccc(CNC(=O)CN2CCCC2C(=O)NCc2ccco2)cc1. The topological polar surface area (TPSA) is 74.6 Å². The molecule has 0 saturated carbocycles. The number of likely N-dealkylation sites (tertiary alicyclic amines) is 1. The molecular weight excluding hydrogens is 330 g/mol. The van der Waals surface area contributed by atoms with Crippen LogP contribution in [0, 0.1) is 6.92 Å². The monoisotopic (exact) mass is 355 g/mol. The molecule has 2 aromatic rings. The van der Waals surface area contributed by atoms with Gasteiger partial charge >= 0.3 is 0 Å². The van der Waals surface area contributed by atoms with E-state index in [1.165, 1.54) is 5.56 Å². The second-order valence-electron chi connectivity index (χ2n) is 6.69. The molecule has 1 unspecified atom stereocenters. The van der Waals surface area contributed by atoms with Gasteiger partial charge in [-0.3, -0.25) is 14.5 Å². The standard InChI is InChI=1S/C20H25N3O3/c1-15-6-8-16(9-7-15)12-21-19(24)14-23-10-2-5-18(23)20(25)22-13-17-4-3-11-26-17/h3-4,6-9,11,18H,2,5,10,12-14H2,1H3,(H,21,24)(H,22,25). The van der Waals surface area contributed by atoms with Crippen LogP contribution in [0.15, 0.2) is 47.1 Å². The first-order valence-electron chi connectivity index (χ1n) is 8.98. The summed E-state index contributed by atoms with van der Waals surface area (Å²) in [5.41, 5.74) is 2.26. The predicted molar refractivity (Wildman–Crippen MR) is 98.2 cm³/mol. The molecule has 6 nitrogen and oxygen atoms in total. The lowest BCUT2D eigenvalue weighted by molar-refractivity contribution is -0.127. The molecule has 0 spiro atoms. The van der Waals surface area contributed by atoms with Crippen LogP contribution < -0.4 is 10.6 Å². The van der Waals surface area contributed by atoms with Crippen molar-refractivity contribution in [2.45, 2.75) is 38.9 Å². The molecule has 1 aliphatic heterocycles. The molecule has 0 radical (unpaired) electrons. The summed E-state index contributed by atoms with van der Waals surface area (Å²) in [5.74, 6) is 0.611. The second kappa shape index (κ2) is 8.67. The van der Waals surface area contributed by atoms with Gasteiger partial charge in [-0.25, -0.2) is 0 Å². The minimum absolute atomic E-state index is 0.0507. The van der Waals surface area contributed by atoms with E-state index in [1.54, 1.807) is 12.3 Å². The number of carbonyl (C=O) groups excluding carboxylic acids is 2. The van der Waals surface area contributed by atoms with Crippen molar-refractivity contribution in [2.75, 3.05) is 13.1 Å². The van der Waals surface area contributed by atoms with E-state index in [-0.39, 0.29) is 24.4 Å². The van der Waals surface area contributed by atoms with Gasteiger partial charge in [-0.1, -0.05) is 29.8 Å². The molecule has 1 saturated heterocycles. The predicted octanol–water partition coefficient (Wildman–Crippen LogP) is 1.99. The van der Waals surface area contributed by atoms with Gasteiger partial charge in [0.2, 0.25) is 11.8 Å². The summed E-state index contributed by atoms with van der Waals surface area (Å²) < 4.78 is 5.23. The van der Waals surface area contributed by atoms with Gasteiger partial charge in [0.25, 0.3) is 0 Å². The summed E-state index contributed by atoms with van der Waals surface area (Å²) in [4.78, 5) is 26.6. The molecule has 138 valence electrons. The van der Waals surface area contributed by atoms with E-state index in [2.05, 4.69) is 10.6 Å². The average Bonchev–Trinajstić information content (AvgIpc) is 3.31. The van der Waals surface area contributed by atoms with Crippen molar-refractivity contribution < 1.29 is 14.0 Å². The van der Waals surface area contributed by atoms with Crippen LogP contribution in [0.2, 0.25) is 0 Å². The van der Waals surface area contributed by atoms with E-state index >= 15 is 0 Å². The van der Waals surface area contributed by atoms with E-state index in [9.17, 15) is 9.59 Å². The summed E-state index contributed by atoms with van der Waals surface area (Å²) in [7, 11) is 0. The summed E-state index contributed by atoms with van der Waals surface area (Å²) in [5, 5.41) is 5.82. The van der Waals surface area contributed by atoms with Gasteiger partial charge in [0.15, 0.2) is 0 Å². The highest BCUT2D eigenvalue weighted by Gasteiger charge is 2.31. The fourth-order valence-electron chi connectivity index (χ4n) is 3.16. The summed E-state index contributed by atoms with van der Waals surface area (Å²) >= 11 is 0. The molecule has 1 fully saturated rings. The molecule has 0 bridgehead atoms. The molecule has 26 heavy (non-hydrogen) atoms. The Morgan fingerprint density at radius 2 is 1.96 bits per heavy atom. The van der Waals surface area contributed by atoms with Crippen LogP contribution in [0.5, 0.6) is 0 Å². The van der Waals surface area contributed by atoms with Crippen molar-refractivity contribution >= 4 is 11.8 Å². The zero-order chi connectivity index (χ0) is 18.4. The van der Waals surface area contributed by atoms with Crippen molar-refractivity contribution in [3.63, 3.8) is 0 Å². The Hall–Kier alpha value is -2.60. The highest BCUT2D eigenvalue weighted by molar-refractivity contribution is 5.84. The maximum atomic E-state index is 12.4. The number of rotatable bonds is 7. The molecule has 2 N–H and O–H groups in total. The van der Waals surface area contributed by atoms with Gasteiger partial charge in [0.05, 0.1) is 25.4 Å². The number of carbonyl (C=O) groups is 2. The van der Waals surface area contributed by atoms with E-state index < -0.39 is 0 Å². The number of nitrogens with zero attached hydrogens (tertiary/aromatic N) is 1. The number of aryl methyl sites for hydroxylation is 1. The van der Waals surface area contributed by atoms with Gasteiger partial charge in [-0.05, 0) is 44.0 Å². The average molecular weight is 355 g/mol. The Morgan fingerprint density at radius 1 is 1.15 bits per heavy atom. The molecule has 1 aliphatic rings. The van der Waals surface area contributed by atoms with Gasteiger partial charge in [0, 0.05) is 6.54 Å². The molecule has 0 aliphatic carbocycles. The first-order valence-corrected chi connectivity index (χ1v) is 8.98. The molecule has 2 amide bonds. The van der Waals surface area contributed by atoms with Crippen LogP contribution in [-0.2, 0) is 22.7 Å². The quantitative estimate of drug-likeness (QED) is 0.796. The highest BCUT2D eigenvalue weighted by atomic mass is 16.3. The molecule has 1 aromatic heterocycles. The molecule has 1 aromatic carbocycles. The molecule has 2 heterocycles. The smallest absolute Gasteiger partial charge is 0.237 e. The van der Waals surface area contributed by atoms with Gasteiger partial charge < -0.3 is 15.1 Å². The maximum Gasteiger partial charge on any atom is 0.237 e. The normalized spacial score (nSPS) is 17.2. The zero-order valence-electron chi connectivity index (χ0n) is 15.0. The summed E-state index contributed by atoms with van der Waals surface area (Å²) in [6.45, 7) is 3.91. The van der Waals surface area contributed by atoms with Crippen molar-refractivity contribution in [3.05, 3.63) is 59.5 Å². The fraction of sp³-hybridized carbons (Fsp3) is 0.400. The van der Waals surface area contributed by atoms with Gasteiger partial charge in [-0.15, -0.1) is 0 Å². The Bertz CT molecular complexity index is 725. The van der Waals surface area contributed by atoms with E-state index in [0.717, 1.165) is 30.7 Å². The minimum atomic E-state index is -0.255. The molecule has 6 heteroatoms. The number of furan rings is 1. The first kappa shape index (κ1) is 18.2. The lowest BCUT2D eigenvalue weighted by Crippen LogP contribution is -2.46. The fourth-order valence-corrected chi connectivity index (χ4v) is 3.16. The Kier molecular flexibility index (Phi) is 6.07. The van der Waals surface area contributed by atoms with Crippen molar-refractivity contribution in [3.8, 4) is 0 Å². The third-order valence-corrected chi connectivity index (χ3v) is 4.64. The third-order valence-electron chi connectivity index (χ3n) is 4.64. The number of hydrogen-bond acceptors (Lipinski definition) is 4. The Labute approximate surface area is 153 Å². The zero-order valence-corrected chi connectivity index (χ0v) is 15.0. The first-order chi connectivity index (χ1) is 12.6. The van der Waals surface area contributed by atoms with E-state index in [0.29, 0.717) is 13.1 Å². The van der Waals surface area contributed by atoms with Crippen molar-refractivity contribution in [1.82, 2.24) is 15.5 Å². The van der Waals surface area contributed by atoms with E-state index in [4.69, 9.17) is 4.42 Å². The number of nitrogens with one attached hydrogen (secondary N) is 2. The lowest BCUT2D eigenvalue weighted by atomic mass is 10.1. The Morgan fingerprint density at radius 3 is 2.69 bits per heavy atom. The van der Waals surface area contributed by atoms with Crippen LogP contribution >= 0.6 is 0 Å². The number of hydrogen-bond donors (Lipinski definition) is 2. The number of amides is 2. The minimum Gasteiger partial charge on any atom is -0.467 e. The van der Waals surface area contributed by atoms with Crippen LogP contribution in [0.3, 0.4) is 0 Å². The molecule has 3 rings (SSSR count). The van der Waals surface area contributed by atoms with Gasteiger partial charge in [-0.2, -0.15) is 0 Å². The third kappa shape index (κ3) is 4.95. The van der Waals surface area contributed by atoms with Crippen molar-refractivity contribution in [1.29, 1.82) is 0 Å². The van der Waals surface area contributed by atoms with Gasteiger partial charge in [0.1, 0.15) is 5.76 Å². The summed E-state index contributed by atoms with van der Waals surface area (Å²) in [6, 6.07) is 11.4. The summed E-state index contributed by atoms with van der Waals surface area (Å²) in [6.07, 6.45) is 3.28. The van der Waals surface area contributed by atoms with Crippen LogP contribution in [0.1, 0.15) is 29.7 Å². The number of benzene rings is 1. The largest absolute Gasteiger partial charge is 0.467 e. The van der Waals surface area contributed by atoms with Crippen molar-refractivity contribution in [2.24, 2.45) is 0 Å². The second-order valence-corrected chi connectivity index (χ2v) is 6.69. The maximum absolute atomic E-state index is 12.4. The Balaban J connectivity index is 1.45. The van der Waals surface area contributed by atoms with Crippen LogP contribution in [0.4, 0.5) is 0 Å². The molecule has 1 atom stereocenters. The lowest BCUT2D eigenvalue weighted by Gasteiger charge is -2.23. The van der Waals surface area contributed by atoms with Crippen LogP contribution in [-0.4, -0.2) is 35.8 Å².